The van der Waals surface area contributed by atoms with E-state index in [2.05, 4.69) is 25.6 Å². The van der Waals surface area contributed by atoms with Crippen molar-refractivity contribution in [1.82, 2.24) is 19.5 Å². The quantitative estimate of drug-likeness (QED) is 0.188. The lowest BCUT2D eigenvalue weighted by molar-refractivity contribution is 0.100. The monoisotopic (exact) mass is 564 g/mol. The number of imidazole rings is 1. The first-order valence-electron chi connectivity index (χ1n) is 12.8. The topological polar surface area (TPSA) is 135 Å². The van der Waals surface area contributed by atoms with E-state index < -0.39 is 6.10 Å². The Morgan fingerprint density at radius 2 is 1.88 bits per heavy atom. The molecule has 2 aromatic carbocycles. The fourth-order valence-corrected chi connectivity index (χ4v) is 5.23. The zero-order chi connectivity index (χ0) is 28.2. The number of aliphatic hydroxyl groups excluding tert-OH is 1. The van der Waals surface area contributed by atoms with Gasteiger partial charge in [-0.1, -0.05) is 36.4 Å². The molecule has 1 atom stereocenters. The van der Waals surface area contributed by atoms with E-state index in [1.54, 1.807) is 59.6 Å². The van der Waals surface area contributed by atoms with Gasteiger partial charge in [-0.3, -0.25) is 19.9 Å². The first-order chi connectivity index (χ1) is 20.0. The van der Waals surface area contributed by atoms with Gasteiger partial charge in [0.2, 0.25) is 5.95 Å². The molecule has 6 aromatic rings. The van der Waals surface area contributed by atoms with E-state index in [0.717, 1.165) is 4.88 Å². The lowest BCUT2D eigenvalue weighted by atomic mass is 10.1. The standard InChI is InChI=1S/C30H24N6O4S/c37-24(19-5-2-1-3-6-19)15-33-21-8-9-23-22(13-21)34-30(36(23)17-25(38)20-7-4-12-31-14-20)35-29(39)28-11-10-27(41-28)26-16-32-18-40-26/h1-14,16,18,25,33,38H,15,17H2,(H,34,35,39). The van der Waals surface area contributed by atoms with Crippen molar-refractivity contribution >= 4 is 45.7 Å². The molecule has 0 aliphatic carbocycles. The third kappa shape index (κ3) is 5.76. The van der Waals surface area contributed by atoms with Gasteiger partial charge in [0, 0.05) is 29.2 Å². The van der Waals surface area contributed by atoms with Crippen LogP contribution in [0, 0.1) is 0 Å². The van der Waals surface area contributed by atoms with E-state index in [1.165, 1.54) is 17.7 Å². The number of Topliss-reactive ketones (excluding diaryl/α,β-unsaturated/α-hetero) is 1. The van der Waals surface area contributed by atoms with Crippen molar-refractivity contribution in [3.8, 4) is 10.6 Å². The molecule has 10 nitrogen and oxygen atoms in total. The van der Waals surface area contributed by atoms with Gasteiger partial charge in [0.1, 0.15) is 0 Å². The molecule has 3 N–H and O–H groups in total. The summed E-state index contributed by atoms with van der Waals surface area (Å²) in [6.07, 6.45) is 5.28. The van der Waals surface area contributed by atoms with Crippen molar-refractivity contribution in [3.05, 3.63) is 114 Å². The van der Waals surface area contributed by atoms with Crippen molar-refractivity contribution in [3.63, 3.8) is 0 Å². The number of rotatable bonds is 10. The van der Waals surface area contributed by atoms with Crippen molar-refractivity contribution < 1.29 is 19.1 Å². The van der Waals surface area contributed by atoms with Crippen LogP contribution < -0.4 is 10.6 Å². The summed E-state index contributed by atoms with van der Waals surface area (Å²) in [5, 5.41) is 17.0. The second kappa shape index (κ2) is 11.5. The van der Waals surface area contributed by atoms with Gasteiger partial charge in [-0.15, -0.1) is 11.3 Å². The van der Waals surface area contributed by atoms with Gasteiger partial charge in [-0.25, -0.2) is 9.97 Å². The van der Waals surface area contributed by atoms with Gasteiger partial charge >= 0.3 is 0 Å². The molecule has 0 fully saturated rings. The summed E-state index contributed by atoms with van der Waals surface area (Å²) in [4.78, 5) is 39.7. The lowest BCUT2D eigenvalue weighted by Gasteiger charge is -2.15. The maximum Gasteiger partial charge on any atom is 0.268 e. The molecule has 0 spiro atoms. The van der Waals surface area contributed by atoms with E-state index in [-0.39, 0.29) is 30.7 Å². The maximum absolute atomic E-state index is 13.2. The van der Waals surface area contributed by atoms with Gasteiger partial charge in [-0.05, 0) is 36.4 Å². The molecular formula is C30H24N6O4S. The Balaban J connectivity index is 1.27. The molecule has 204 valence electrons. The molecule has 0 aliphatic rings. The molecule has 41 heavy (non-hydrogen) atoms. The molecule has 1 amide bonds. The maximum atomic E-state index is 13.2. The zero-order valence-corrected chi connectivity index (χ0v) is 22.4. The Kier molecular flexibility index (Phi) is 7.35. The van der Waals surface area contributed by atoms with E-state index in [4.69, 9.17) is 4.42 Å². The second-order valence-electron chi connectivity index (χ2n) is 9.18. The van der Waals surface area contributed by atoms with Gasteiger partial charge in [0.15, 0.2) is 17.9 Å². The molecule has 4 heterocycles. The van der Waals surface area contributed by atoms with Crippen LogP contribution in [0.4, 0.5) is 11.6 Å². The predicted octanol–water partition coefficient (Wildman–Crippen LogP) is 5.43. The number of hydrogen-bond acceptors (Lipinski definition) is 9. The summed E-state index contributed by atoms with van der Waals surface area (Å²) in [5.41, 5.74) is 3.26. The van der Waals surface area contributed by atoms with Crippen molar-refractivity contribution in [2.45, 2.75) is 12.6 Å². The van der Waals surface area contributed by atoms with Gasteiger partial charge in [0.25, 0.3) is 5.91 Å². The highest BCUT2D eigenvalue weighted by atomic mass is 32.1. The van der Waals surface area contributed by atoms with Crippen molar-refractivity contribution in [2.24, 2.45) is 0 Å². The molecule has 1 unspecified atom stereocenters. The van der Waals surface area contributed by atoms with E-state index >= 15 is 0 Å². The number of fused-ring (bicyclic) bond motifs is 1. The third-order valence-corrected chi connectivity index (χ3v) is 7.55. The van der Waals surface area contributed by atoms with E-state index in [0.29, 0.717) is 38.5 Å². The molecule has 6 rings (SSSR count). The Morgan fingerprint density at radius 3 is 2.66 bits per heavy atom. The first-order valence-corrected chi connectivity index (χ1v) is 13.6. The summed E-state index contributed by atoms with van der Waals surface area (Å²) >= 11 is 1.27. The van der Waals surface area contributed by atoms with Gasteiger partial charge in [0.05, 0.1) is 46.2 Å². The molecule has 0 aliphatic heterocycles. The highest BCUT2D eigenvalue weighted by Gasteiger charge is 2.20. The smallest absolute Gasteiger partial charge is 0.268 e. The number of hydrogen-bond donors (Lipinski definition) is 3. The first kappa shape index (κ1) is 26.1. The summed E-state index contributed by atoms with van der Waals surface area (Å²) in [5.74, 6) is 0.469. The third-order valence-electron chi connectivity index (χ3n) is 6.45. The van der Waals surface area contributed by atoms with Crippen LogP contribution in [-0.4, -0.2) is 42.9 Å². The number of pyridine rings is 1. The Labute approximate surface area is 238 Å². The van der Waals surface area contributed by atoms with Crippen molar-refractivity contribution in [2.75, 3.05) is 17.2 Å². The number of carbonyl (C=O) groups excluding carboxylic acids is 2. The van der Waals surface area contributed by atoms with E-state index in [1.807, 2.05) is 36.4 Å². The van der Waals surface area contributed by atoms with Crippen LogP contribution in [0.3, 0.4) is 0 Å². The number of oxazole rings is 1. The molecule has 0 saturated heterocycles. The van der Waals surface area contributed by atoms with Crippen LogP contribution in [0.5, 0.6) is 0 Å². The number of aliphatic hydroxyl groups is 1. The number of thiophene rings is 1. The second-order valence-corrected chi connectivity index (χ2v) is 10.3. The number of aromatic nitrogens is 4. The Morgan fingerprint density at radius 1 is 1.00 bits per heavy atom. The molecule has 0 bridgehead atoms. The van der Waals surface area contributed by atoms with Gasteiger partial charge < -0.3 is 19.4 Å². The summed E-state index contributed by atoms with van der Waals surface area (Å²) in [7, 11) is 0. The number of ketones is 1. The number of anilines is 2. The largest absolute Gasteiger partial charge is 0.443 e. The average molecular weight is 565 g/mol. The molecular weight excluding hydrogens is 540 g/mol. The molecule has 11 heteroatoms. The predicted molar refractivity (Wildman–Crippen MR) is 156 cm³/mol. The number of benzene rings is 2. The van der Waals surface area contributed by atoms with E-state index in [9.17, 15) is 14.7 Å². The summed E-state index contributed by atoms with van der Waals surface area (Å²) < 4.78 is 7.10. The Hall–Kier alpha value is -5.13. The van der Waals surface area contributed by atoms with Crippen LogP contribution in [-0.2, 0) is 6.54 Å². The fraction of sp³-hybridized carbons (Fsp3) is 0.100. The minimum absolute atomic E-state index is 0.0376. The molecule has 4 aromatic heterocycles. The molecule has 0 radical (unpaired) electrons. The summed E-state index contributed by atoms with van der Waals surface area (Å²) in [6.45, 7) is 0.246. The van der Waals surface area contributed by atoms with Crippen LogP contribution in [0.2, 0.25) is 0 Å². The minimum Gasteiger partial charge on any atom is -0.443 e. The highest BCUT2D eigenvalue weighted by Crippen LogP contribution is 2.30. The SMILES string of the molecule is O=C(CNc1ccc2c(c1)nc(NC(=O)c1ccc(-c3cnco3)s1)n2CC(O)c1cccnc1)c1ccccc1. The highest BCUT2D eigenvalue weighted by molar-refractivity contribution is 7.17. The number of amides is 1. The zero-order valence-electron chi connectivity index (χ0n) is 21.6. The van der Waals surface area contributed by atoms with Gasteiger partial charge in [-0.2, -0.15) is 0 Å². The van der Waals surface area contributed by atoms with Crippen LogP contribution in [0.1, 0.15) is 31.7 Å². The lowest BCUT2D eigenvalue weighted by Crippen LogP contribution is -2.17. The minimum atomic E-state index is -0.891. The van der Waals surface area contributed by atoms with Crippen LogP contribution in [0.25, 0.3) is 21.7 Å². The normalized spacial score (nSPS) is 11.8. The number of nitrogens with zero attached hydrogens (tertiary/aromatic N) is 4. The Bertz CT molecular complexity index is 1800. The molecule has 0 saturated carbocycles. The van der Waals surface area contributed by atoms with Crippen LogP contribution in [0.15, 0.2) is 102 Å². The van der Waals surface area contributed by atoms with Crippen LogP contribution >= 0.6 is 11.3 Å². The number of carbonyl (C=O) groups is 2. The number of nitrogens with one attached hydrogen (secondary N) is 2. The average Bonchev–Trinajstić information content (AvgIpc) is 3.78. The summed E-state index contributed by atoms with van der Waals surface area (Å²) in [6, 6.07) is 21.6. The fourth-order valence-electron chi connectivity index (χ4n) is 4.37. The van der Waals surface area contributed by atoms with Crippen molar-refractivity contribution in [1.29, 1.82) is 0 Å².